The van der Waals surface area contributed by atoms with Gasteiger partial charge in [-0.25, -0.2) is 4.57 Å². The number of rotatable bonds is 5. The van der Waals surface area contributed by atoms with Gasteiger partial charge in [0.15, 0.2) is 0 Å². The summed E-state index contributed by atoms with van der Waals surface area (Å²) < 4.78 is 14.3. The van der Waals surface area contributed by atoms with Gasteiger partial charge in [-0.2, -0.15) is 0 Å². The molecule has 0 rings (SSSR count). The molecular formula is C5H14Br2NO5P. The highest BCUT2D eigenvalue weighted by Crippen LogP contribution is 2.36. The number of hydrogen-bond donors (Lipinski definition) is 4. The predicted octanol–water partition coefficient (Wildman–Crippen LogP) is 0.192. The average Bonchev–Trinajstić information content (AvgIpc) is 2.13. The first-order valence-corrected chi connectivity index (χ1v) is 7.15. The summed E-state index contributed by atoms with van der Waals surface area (Å²) >= 11 is 6.22. The zero-order chi connectivity index (χ0) is 11.6. The van der Waals surface area contributed by atoms with E-state index in [1.165, 1.54) is 0 Å². The van der Waals surface area contributed by atoms with Crippen LogP contribution in [0.1, 0.15) is 0 Å². The maximum absolute atomic E-state index is 10.1. The number of phosphoric ester groups is 1. The molecule has 5 N–H and O–H groups in total. The van der Waals surface area contributed by atoms with E-state index >= 15 is 0 Å². The van der Waals surface area contributed by atoms with Crippen LogP contribution in [-0.2, 0) is 9.09 Å². The summed E-state index contributed by atoms with van der Waals surface area (Å²) in [6.07, 6.45) is 0. The van der Waals surface area contributed by atoms with Gasteiger partial charge in [-0.1, -0.05) is 31.9 Å². The minimum absolute atomic E-state index is 0.00444. The van der Waals surface area contributed by atoms with Gasteiger partial charge in [-0.05, 0) is 0 Å². The van der Waals surface area contributed by atoms with Crippen LogP contribution in [0.2, 0.25) is 0 Å². The van der Waals surface area contributed by atoms with Crippen molar-refractivity contribution in [3.63, 3.8) is 0 Å². The largest absolute Gasteiger partial charge is 0.469 e. The summed E-state index contributed by atoms with van der Waals surface area (Å²) in [4.78, 5) is 16.4. The highest BCUT2D eigenvalue weighted by atomic mass is 79.9. The van der Waals surface area contributed by atoms with Crippen LogP contribution in [0.3, 0.4) is 0 Å². The number of aliphatic hydroxyl groups excluding tert-OH is 1. The molecule has 0 amide bonds. The van der Waals surface area contributed by atoms with Gasteiger partial charge in [0, 0.05) is 16.7 Å². The molecule has 0 spiro atoms. The normalized spacial score (nSPS) is 13.0. The van der Waals surface area contributed by atoms with E-state index in [1.807, 2.05) is 0 Å². The van der Waals surface area contributed by atoms with E-state index in [4.69, 9.17) is 20.6 Å². The van der Waals surface area contributed by atoms with E-state index in [2.05, 4.69) is 36.4 Å². The third kappa shape index (κ3) is 18.7. The molecule has 0 aliphatic rings. The minimum Gasteiger partial charge on any atom is -0.395 e. The lowest BCUT2D eigenvalue weighted by atomic mass is 10.5. The second-order valence-corrected chi connectivity index (χ2v) is 5.23. The van der Waals surface area contributed by atoms with Gasteiger partial charge in [0.05, 0.1) is 13.2 Å². The van der Waals surface area contributed by atoms with Crippen LogP contribution in [0.5, 0.6) is 0 Å². The van der Waals surface area contributed by atoms with Crippen molar-refractivity contribution >= 4 is 39.7 Å². The second kappa shape index (κ2) is 10.5. The molecule has 6 nitrogen and oxygen atoms in total. The Balaban J connectivity index is 0. The van der Waals surface area contributed by atoms with E-state index < -0.39 is 7.82 Å². The average molecular weight is 359 g/mol. The van der Waals surface area contributed by atoms with Gasteiger partial charge >= 0.3 is 7.82 Å². The molecule has 88 valence electrons. The molecule has 0 aromatic heterocycles. The van der Waals surface area contributed by atoms with Crippen molar-refractivity contribution < 1.29 is 24.0 Å². The predicted molar refractivity (Wildman–Crippen MR) is 60.6 cm³/mol. The van der Waals surface area contributed by atoms with Crippen LogP contribution in [0.15, 0.2) is 0 Å². The summed E-state index contributed by atoms with van der Waals surface area (Å²) in [5.74, 6) is 0. The lowest BCUT2D eigenvalue weighted by Gasteiger charge is -2.07. The molecule has 9 heteroatoms. The van der Waals surface area contributed by atoms with Gasteiger partial charge in [0.1, 0.15) is 0 Å². The van der Waals surface area contributed by atoms with Crippen LogP contribution >= 0.6 is 39.7 Å². The van der Waals surface area contributed by atoms with Crippen LogP contribution in [0.4, 0.5) is 0 Å². The Morgan fingerprint density at radius 1 is 1.50 bits per heavy atom. The van der Waals surface area contributed by atoms with Crippen LogP contribution in [-0.4, -0.2) is 44.8 Å². The number of nitrogens with two attached hydrogens (primary N) is 1. The molecule has 14 heavy (non-hydrogen) atoms. The van der Waals surface area contributed by atoms with Crippen molar-refractivity contribution in [2.75, 3.05) is 25.1 Å². The fourth-order valence-electron chi connectivity index (χ4n) is 0.223. The molecule has 0 aliphatic heterocycles. The third-order valence-electron chi connectivity index (χ3n) is 0.720. The first kappa shape index (κ1) is 17.4. The van der Waals surface area contributed by atoms with Crippen molar-refractivity contribution in [1.29, 1.82) is 0 Å². The van der Waals surface area contributed by atoms with E-state index in [1.54, 1.807) is 0 Å². The van der Waals surface area contributed by atoms with Crippen molar-refractivity contribution in [2.24, 2.45) is 5.73 Å². The Morgan fingerprint density at radius 2 is 1.93 bits per heavy atom. The van der Waals surface area contributed by atoms with Gasteiger partial charge in [0.2, 0.25) is 0 Å². The smallest absolute Gasteiger partial charge is 0.395 e. The summed E-state index contributed by atoms with van der Waals surface area (Å²) in [5.41, 5.74) is 4.78. The summed E-state index contributed by atoms with van der Waals surface area (Å²) in [6.45, 7) is 0.468. The zero-order valence-electron chi connectivity index (χ0n) is 7.34. The molecule has 0 heterocycles. The van der Waals surface area contributed by atoms with Gasteiger partial charge in [-0.15, -0.1) is 0 Å². The Labute approximate surface area is 99.3 Å². The highest BCUT2D eigenvalue weighted by molar-refractivity contribution is 9.12. The quantitative estimate of drug-likeness (QED) is 0.412. The fraction of sp³-hybridized carbons (Fsp3) is 1.00. The molecule has 0 radical (unpaired) electrons. The number of hydrogen-bond acceptors (Lipinski definition) is 4. The Morgan fingerprint density at radius 3 is 2.14 bits per heavy atom. The Hall–Kier alpha value is 0.990. The number of alkyl halides is 2. The topological polar surface area (TPSA) is 113 Å². The molecule has 0 fully saturated rings. The Kier molecular flexibility index (Phi) is 13.0. The minimum atomic E-state index is -4.28. The number of halogens is 2. The summed E-state index contributed by atoms with van der Waals surface area (Å²) in [5, 5.41) is 8.34. The first-order valence-electron chi connectivity index (χ1n) is 3.58. The number of phosphoric acid groups is 1. The van der Waals surface area contributed by atoms with E-state index in [-0.39, 0.29) is 18.0 Å². The van der Waals surface area contributed by atoms with Crippen molar-refractivity contribution in [1.82, 2.24) is 0 Å². The highest BCUT2D eigenvalue weighted by Gasteiger charge is 2.15. The molecule has 0 aromatic rings. The second-order valence-electron chi connectivity index (χ2n) is 2.05. The zero-order valence-corrected chi connectivity index (χ0v) is 11.4. The Bertz CT molecular complexity index is 164. The molecular weight excluding hydrogens is 345 g/mol. The monoisotopic (exact) mass is 357 g/mol. The van der Waals surface area contributed by atoms with Gasteiger partial charge in [0.25, 0.3) is 0 Å². The van der Waals surface area contributed by atoms with Crippen LogP contribution < -0.4 is 5.73 Å². The summed E-state index contributed by atoms with van der Waals surface area (Å²) in [6, 6.07) is 0. The third-order valence-corrected chi connectivity index (χ3v) is 3.44. The maximum Gasteiger partial charge on any atom is 0.469 e. The van der Waals surface area contributed by atoms with Gasteiger partial charge < -0.3 is 20.6 Å². The maximum atomic E-state index is 10.1. The first-order chi connectivity index (χ1) is 6.37. The van der Waals surface area contributed by atoms with E-state index in [0.717, 1.165) is 0 Å². The van der Waals surface area contributed by atoms with Gasteiger partial charge in [-0.3, -0.25) is 4.52 Å². The van der Waals surface area contributed by atoms with Crippen molar-refractivity contribution in [3.8, 4) is 0 Å². The lowest BCUT2D eigenvalue weighted by Crippen LogP contribution is -2.08. The van der Waals surface area contributed by atoms with E-state index in [9.17, 15) is 4.57 Å². The molecule has 0 saturated heterocycles. The molecule has 0 aliphatic carbocycles. The summed E-state index contributed by atoms with van der Waals surface area (Å²) in [7, 11) is -4.28. The SMILES string of the molecule is NCCO.O=P(O)(O)OCC(Br)CBr. The molecule has 0 saturated carbocycles. The molecule has 1 unspecified atom stereocenters. The molecule has 0 aromatic carbocycles. The standard InChI is InChI=1S/C3H7Br2O4P.C2H7NO/c4-1-3(5)2-9-10(6,7)8;3-1-2-4/h3H,1-2H2,(H2,6,7,8);4H,1-3H2. The molecule has 1 atom stereocenters. The molecule has 0 bridgehead atoms. The number of aliphatic hydroxyl groups is 1. The lowest BCUT2D eigenvalue weighted by molar-refractivity contribution is 0.201. The van der Waals surface area contributed by atoms with Crippen molar-refractivity contribution in [2.45, 2.75) is 4.83 Å². The van der Waals surface area contributed by atoms with Crippen LogP contribution in [0, 0.1) is 0 Å². The van der Waals surface area contributed by atoms with Crippen LogP contribution in [0.25, 0.3) is 0 Å². The fourth-order valence-corrected chi connectivity index (χ4v) is 1.12. The van der Waals surface area contributed by atoms with Crippen molar-refractivity contribution in [3.05, 3.63) is 0 Å². The van der Waals surface area contributed by atoms with E-state index in [0.29, 0.717) is 11.9 Å².